The minimum Gasteiger partial charge on any atom is -0.462 e. The van der Waals surface area contributed by atoms with Gasteiger partial charge in [0.2, 0.25) is 0 Å². The van der Waals surface area contributed by atoms with Crippen molar-refractivity contribution in [2.45, 2.75) is 86.7 Å². The lowest BCUT2D eigenvalue weighted by molar-refractivity contribution is -0.151. The summed E-state index contributed by atoms with van der Waals surface area (Å²) in [5, 5.41) is 0. The average Bonchev–Trinajstić information content (AvgIpc) is 3.10. The van der Waals surface area contributed by atoms with Crippen LogP contribution in [0.5, 0.6) is 0 Å². The molecular formula is C30H42O3. The van der Waals surface area contributed by atoms with Crippen LogP contribution in [0.2, 0.25) is 0 Å². The second-order valence-corrected chi connectivity index (χ2v) is 12.0. The van der Waals surface area contributed by atoms with Gasteiger partial charge in [0.05, 0.1) is 0 Å². The molecule has 2 saturated carbocycles. The number of ether oxygens (including phenoxy) is 1. The van der Waals surface area contributed by atoms with E-state index in [1.165, 1.54) is 42.4 Å². The SMILES string of the molecule is CC(=O)O[C@H](CC(C)=C(C)C)[C@@H](C)[C@H]1CC[C@H]2[C@@H]3C=CC4=CC(=O)C=C[C@]4(C)[C@H]3CC[C@]12C. The standard InChI is InChI=1S/C30H42O3/c1-18(2)19(3)16-28(33-21(5)31)20(4)25-10-11-26-24-9-8-22-17-23(32)12-14-29(22,6)27(24)13-15-30(25,26)7/h8-9,12,14,17,20,24-28H,10-11,13,15-16H2,1-7H3/t20-,24-,25+,26-,27-,28+,29-,30+/m0/s1. The molecule has 0 N–H and O–H groups in total. The Hall–Kier alpha value is -1.90. The molecule has 0 heterocycles. The molecule has 180 valence electrons. The Morgan fingerprint density at radius 3 is 2.48 bits per heavy atom. The molecule has 0 aromatic rings. The highest BCUT2D eigenvalue weighted by atomic mass is 16.5. The molecular weight excluding hydrogens is 408 g/mol. The van der Waals surface area contributed by atoms with E-state index in [9.17, 15) is 9.59 Å². The van der Waals surface area contributed by atoms with Gasteiger partial charge in [-0.25, -0.2) is 0 Å². The molecule has 8 atom stereocenters. The molecule has 3 nitrogen and oxygen atoms in total. The third-order valence-electron chi connectivity index (χ3n) is 10.1. The van der Waals surface area contributed by atoms with Crippen LogP contribution in [0.3, 0.4) is 0 Å². The largest absolute Gasteiger partial charge is 0.462 e. The number of ketones is 1. The molecule has 4 rings (SSSR count). The van der Waals surface area contributed by atoms with Gasteiger partial charge in [0.15, 0.2) is 5.78 Å². The fraction of sp³-hybridized carbons (Fsp3) is 0.667. The zero-order valence-corrected chi connectivity index (χ0v) is 21.6. The predicted octanol–water partition coefficient (Wildman–Crippen LogP) is 7.00. The first-order chi connectivity index (χ1) is 15.5. The van der Waals surface area contributed by atoms with Crippen molar-refractivity contribution in [2.75, 3.05) is 0 Å². The molecule has 2 fully saturated rings. The Balaban J connectivity index is 1.60. The van der Waals surface area contributed by atoms with Gasteiger partial charge in [-0.3, -0.25) is 9.59 Å². The van der Waals surface area contributed by atoms with Crippen molar-refractivity contribution in [2.24, 2.45) is 40.4 Å². The van der Waals surface area contributed by atoms with Crippen LogP contribution in [0.4, 0.5) is 0 Å². The van der Waals surface area contributed by atoms with Crippen molar-refractivity contribution in [3.63, 3.8) is 0 Å². The van der Waals surface area contributed by atoms with Crippen molar-refractivity contribution in [1.29, 1.82) is 0 Å². The van der Waals surface area contributed by atoms with Gasteiger partial charge in [-0.1, -0.05) is 50.1 Å². The molecule has 0 aromatic heterocycles. The van der Waals surface area contributed by atoms with Crippen LogP contribution in [0, 0.1) is 40.4 Å². The highest BCUT2D eigenvalue weighted by molar-refractivity contribution is 6.01. The molecule has 0 aliphatic heterocycles. The van der Waals surface area contributed by atoms with Crippen molar-refractivity contribution in [1.82, 2.24) is 0 Å². The fourth-order valence-electron chi connectivity index (χ4n) is 7.87. The van der Waals surface area contributed by atoms with E-state index in [1.807, 2.05) is 6.08 Å². The molecule has 0 bridgehead atoms. The summed E-state index contributed by atoms with van der Waals surface area (Å²) >= 11 is 0. The van der Waals surface area contributed by atoms with Gasteiger partial charge < -0.3 is 4.74 Å². The van der Waals surface area contributed by atoms with Crippen molar-refractivity contribution in [3.8, 4) is 0 Å². The molecule has 0 radical (unpaired) electrons. The van der Waals surface area contributed by atoms with Gasteiger partial charge in [0.25, 0.3) is 0 Å². The highest BCUT2D eigenvalue weighted by Crippen LogP contribution is 2.66. The second kappa shape index (κ2) is 8.71. The monoisotopic (exact) mass is 450 g/mol. The molecule has 0 aromatic carbocycles. The number of hydrogen-bond acceptors (Lipinski definition) is 3. The maximum Gasteiger partial charge on any atom is 0.302 e. The minimum atomic E-state index is -0.169. The van der Waals surface area contributed by atoms with E-state index in [1.54, 1.807) is 13.0 Å². The number of fused-ring (bicyclic) bond motifs is 5. The smallest absolute Gasteiger partial charge is 0.302 e. The summed E-state index contributed by atoms with van der Waals surface area (Å²) in [6.45, 7) is 15.2. The van der Waals surface area contributed by atoms with Gasteiger partial charge in [-0.2, -0.15) is 0 Å². The minimum absolute atomic E-state index is 0.0286. The molecule has 0 spiro atoms. The van der Waals surface area contributed by atoms with E-state index in [2.05, 4.69) is 59.8 Å². The maximum absolute atomic E-state index is 12.0. The zero-order chi connectivity index (χ0) is 24.1. The molecule has 4 aliphatic carbocycles. The summed E-state index contributed by atoms with van der Waals surface area (Å²) < 4.78 is 5.94. The second-order valence-electron chi connectivity index (χ2n) is 12.0. The van der Waals surface area contributed by atoms with E-state index in [0.29, 0.717) is 29.6 Å². The first-order valence-corrected chi connectivity index (χ1v) is 12.9. The van der Waals surface area contributed by atoms with E-state index < -0.39 is 0 Å². The quantitative estimate of drug-likeness (QED) is 0.334. The third kappa shape index (κ3) is 4.10. The van der Waals surface area contributed by atoms with Crippen LogP contribution in [-0.2, 0) is 14.3 Å². The van der Waals surface area contributed by atoms with Crippen molar-refractivity contribution < 1.29 is 14.3 Å². The van der Waals surface area contributed by atoms with Crippen LogP contribution in [0.1, 0.15) is 80.6 Å². The Bertz CT molecular complexity index is 946. The van der Waals surface area contributed by atoms with E-state index in [4.69, 9.17) is 4.74 Å². The summed E-state index contributed by atoms with van der Waals surface area (Å²) in [5.41, 5.74) is 4.07. The number of carbonyl (C=O) groups is 2. The Labute approximate surface area is 200 Å². The molecule has 3 heteroatoms. The van der Waals surface area contributed by atoms with Gasteiger partial charge in [0.1, 0.15) is 6.10 Å². The first kappa shape index (κ1) is 24.2. The lowest BCUT2D eigenvalue weighted by atomic mass is 9.49. The normalized spacial score (nSPS) is 38.5. The van der Waals surface area contributed by atoms with Crippen LogP contribution in [0.15, 0.2) is 47.1 Å². The van der Waals surface area contributed by atoms with Gasteiger partial charge in [-0.05, 0) is 99.2 Å². The molecule has 0 unspecified atom stereocenters. The van der Waals surface area contributed by atoms with Crippen LogP contribution in [-0.4, -0.2) is 17.9 Å². The predicted molar refractivity (Wildman–Crippen MR) is 133 cm³/mol. The third-order valence-corrected chi connectivity index (χ3v) is 10.1. The maximum atomic E-state index is 12.0. The summed E-state index contributed by atoms with van der Waals surface area (Å²) in [6.07, 6.45) is 16.1. The summed E-state index contributed by atoms with van der Waals surface area (Å²) in [7, 11) is 0. The number of allylic oxidation sites excluding steroid dienone is 7. The van der Waals surface area contributed by atoms with E-state index >= 15 is 0 Å². The zero-order valence-electron chi connectivity index (χ0n) is 21.6. The highest BCUT2D eigenvalue weighted by Gasteiger charge is 2.58. The number of esters is 1. The average molecular weight is 451 g/mol. The van der Waals surface area contributed by atoms with Crippen molar-refractivity contribution >= 4 is 11.8 Å². The summed E-state index contributed by atoms with van der Waals surface area (Å²) in [4.78, 5) is 24.0. The molecule has 0 amide bonds. The lowest BCUT2D eigenvalue weighted by Gasteiger charge is -2.55. The summed E-state index contributed by atoms with van der Waals surface area (Å²) in [6, 6.07) is 0. The molecule has 0 saturated heterocycles. The van der Waals surface area contributed by atoms with E-state index in [-0.39, 0.29) is 28.7 Å². The van der Waals surface area contributed by atoms with Gasteiger partial charge in [0, 0.05) is 18.8 Å². The first-order valence-electron chi connectivity index (χ1n) is 12.9. The molecule has 4 aliphatic rings. The number of rotatable bonds is 5. The van der Waals surface area contributed by atoms with Gasteiger partial charge >= 0.3 is 5.97 Å². The van der Waals surface area contributed by atoms with Crippen molar-refractivity contribution in [3.05, 3.63) is 47.1 Å². The molecule has 33 heavy (non-hydrogen) atoms. The van der Waals surface area contributed by atoms with Crippen LogP contribution >= 0.6 is 0 Å². The Kier molecular flexibility index (Phi) is 6.39. The number of carbonyl (C=O) groups excluding carboxylic acids is 2. The van der Waals surface area contributed by atoms with Crippen LogP contribution in [0.25, 0.3) is 0 Å². The summed E-state index contributed by atoms with van der Waals surface area (Å²) in [5.74, 6) is 2.59. The topological polar surface area (TPSA) is 43.4 Å². The van der Waals surface area contributed by atoms with Crippen LogP contribution < -0.4 is 0 Å². The Morgan fingerprint density at radius 2 is 1.82 bits per heavy atom. The Morgan fingerprint density at radius 1 is 1.09 bits per heavy atom. The lowest BCUT2D eigenvalue weighted by Crippen LogP contribution is -2.49. The van der Waals surface area contributed by atoms with E-state index in [0.717, 1.165) is 6.42 Å². The number of hydrogen-bond donors (Lipinski definition) is 0. The fourth-order valence-corrected chi connectivity index (χ4v) is 7.87. The van der Waals surface area contributed by atoms with Gasteiger partial charge in [-0.15, -0.1) is 0 Å².